The topological polar surface area (TPSA) is 17.8 Å². The maximum absolute atomic E-state index is 4.15. The molecular weight excluding hydrogens is 172 g/mol. The molecule has 1 aromatic heterocycles. The molecule has 0 aromatic carbocycles. The number of hydrogen-bond acceptors (Lipinski definition) is 1. The number of aryl methyl sites for hydroxylation is 1. The molecule has 1 heterocycles. The summed E-state index contributed by atoms with van der Waals surface area (Å²) in [5.41, 5.74) is 4.02. The lowest BCUT2D eigenvalue weighted by atomic mass is 9.88. The highest BCUT2D eigenvalue weighted by Gasteiger charge is 2.14. The van der Waals surface area contributed by atoms with Crippen LogP contribution in [0.4, 0.5) is 0 Å². The largest absolute Gasteiger partial charge is 0.334 e. The Morgan fingerprint density at radius 3 is 2.93 bits per heavy atom. The van der Waals surface area contributed by atoms with Gasteiger partial charge in [-0.15, -0.1) is 0 Å². The van der Waals surface area contributed by atoms with Crippen LogP contribution in [0.15, 0.2) is 30.2 Å². The van der Waals surface area contributed by atoms with Gasteiger partial charge in [-0.1, -0.05) is 24.6 Å². The van der Waals surface area contributed by atoms with Crippen molar-refractivity contribution in [2.75, 3.05) is 0 Å². The molecule has 0 aliphatic heterocycles. The summed E-state index contributed by atoms with van der Waals surface area (Å²) in [4.78, 5) is 4.15. The molecule has 0 spiro atoms. The van der Waals surface area contributed by atoms with Crippen LogP contribution >= 0.6 is 0 Å². The van der Waals surface area contributed by atoms with Crippen LogP contribution in [0, 0.1) is 5.92 Å². The number of nitrogens with zero attached hydrogens (tertiary/aromatic N) is 2. The smallest absolute Gasteiger partial charge is 0.0948 e. The molecule has 2 nitrogen and oxygen atoms in total. The van der Waals surface area contributed by atoms with Gasteiger partial charge < -0.3 is 4.57 Å². The molecule has 1 aliphatic carbocycles. The van der Waals surface area contributed by atoms with Gasteiger partial charge in [0.2, 0.25) is 0 Å². The molecule has 1 aliphatic rings. The van der Waals surface area contributed by atoms with Gasteiger partial charge in [-0.05, 0) is 24.8 Å². The highest BCUT2D eigenvalue weighted by atomic mass is 15.0. The number of hydrogen-bond donors (Lipinski definition) is 0. The van der Waals surface area contributed by atoms with Crippen LogP contribution in [-0.4, -0.2) is 9.55 Å². The van der Waals surface area contributed by atoms with Gasteiger partial charge in [-0.25, -0.2) is 4.98 Å². The Kier molecular flexibility index (Phi) is 2.28. The average Bonchev–Trinajstić information content (AvgIpc) is 2.57. The maximum Gasteiger partial charge on any atom is 0.0948 e. The third-order valence-electron chi connectivity index (χ3n) is 3.03. The van der Waals surface area contributed by atoms with E-state index in [1.807, 2.05) is 19.6 Å². The second-order valence-electron chi connectivity index (χ2n) is 4.03. The van der Waals surface area contributed by atoms with Crippen molar-refractivity contribution in [2.24, 2.45) is 13.0 Å². The summed E-state index contributed by atoms with van der Waals surface area (Å²) in [5.74, 6) is 0.657. The van der Waals surface area contributed by atoms with Gasteiger partial charge in [0.15, 0.2) is 0 Å². The van der Waals surface area contributed by atoms with E-state index in [2.05, 4.69) is 35.6 Å². The fourth-order valence-electron chi connectivity index (χ4n) is 1.87. The van der Waals surface area contributed by atoms with Crippen LogP contribution in [0.5, 0.6) is 0 Å². The summed E-state index contributed by atoms with van der Waals surface area (Å²) in [7, 11) is 2.04. The monoisotopic (exact) mass is 188 g/mol. The Morgan fingerprint density at radius 2 is 2.29 bits per heavy atom. The third kappa shape index (κ3) is 1.41. The highest BCUT2D eigenvalue weighted by molar-refractivity contribution is 5.75. The first-order valence-electron chi connectivity index (χ1n) is 5.04. The summed E-state index contributed by atoms with van der Waals surface area (Å²) >= 11 is 0. The van der Waals surface area contributed by atoms with E-state index in [1.54, 1.807) is 0 Å². The molecule has 0 saturated carbocycles. The number of aromatic nitrogens is 2. The van der Waals surface area contributed by atoms with E-state index in [0.29, 0.717) is 5.92 Å². The van der Waals surface area contributed by atoms with E-state index in [9.17, 15) is 0 Å². The number of rotatable bonds is 1. The molecular formula is C12H16N2. The predicted octanol–water partition coefficient (Wildman–Crippen LogP) is 2.79. The maximum atomic E-state index is 4.15. The van der Waals surface area contributed by atoms with Crippen LogP contribution in [0.3, 0.4) is 0 Å². The summed E-state index contributed by atoms with van der Waals surface area (Å²) in [6.45, 7) is 4.49. The zero-order chi connectivity index (χ0) is 10.1. The Hall–Kier alpha value is -1.31. The van der Waals surface area contributed by atoms with Crippen LogP contribution < -0.4 is 0 Å². The van der Waals surface area contributed by atoms with E-state index in [-0.39, 0.29) is 0 Å². The lowest BCUT2D eigenvalue weighted by molar-refractivity contribution is 0.689. The van der Waals surface area contributed by atoms with Crippen LogP contribution in [0.1, 0.15) is 26.0 Å². The Labute approximate surface area is 85.0 Å². The first kappa shape index (κ1) is 9.25. The molecule has 2 rings (SSSR count). The number of allylic oxidation sites excluding steroid dienone is 4. The molecule has 0 saturated heterocycles. The molecule has 0 radical (unpaired) electrons. The van der Waals surface area contributed by atoms with Gasteiger partial charge in [0.05, 0.1) is 18.2 Å². The summed E-state index contributed by atoms with van der Waals surface area (Å²) in [6.07, 6.45) is 9.41. The lowest BCUT2D eigenvalue weighted by Gasteiger charge is -2.19. The normalized spacial score (nSPS) is 21.8. The molecule has 0 fully saturated rings. The Balaban J connectivity index is 2.48. The van der Waals surface area contributed by atoms with Crippen molar-refractivity contribution in [3.05, 3.63) is 35.9 Å². The van der Waals surface area contributed by atoms with Crippen molar-refractivity contribution >= 4 is 5.57 Å². The van der Waals surface area contributed by atoms with Gasteiger partial charge >= 0.3 is 0 Å². The highest BCUT2D eigenvalue weighted by Crippen LogP contribution is 2.30. The van der Waals surface area contributed by atoms with E-state index >= 15 is 0 Å². The minimum atomic E-state index is 0.657. The van der Waals surface area contributed by atoms with Gasteiger partial charge in [-0.3, -0.25) is 0 Å². The molecule has 14 heavy (non-hydrogen) atoms. The summed E-state index contributed by atoms with van der Waals surface area (Å²) in [6, 6.07) is 0. The van der Waals surface area contributed by atoms with Gasteiger partial charge in [-0.2, -0.15) is 0 Å². The van der Waals surface area contributed by atoms with E-state index < -0.39 is 0 Å². The molecule has 2 heteroatoms. The second-order valence-corrected chi connectivity index (χ2v) is 4.03. The second kappa shape index (κ2) is 3.45. The van der Waals surface area contributed by atoms with Crippen LogP contribution in [-0.2, 0) is 7.05 Å². The van der Waals surface area contributed by atoms with Crippen molar-refractivity contribution in [2.45, 2.75) is 20.3 Å². The van der Waals surface area contributed by atoms with Crippen molar-refractivity contribution in [1.82, 2.24) is 9.55 Å². The molecule has 1 atom stereocenters. The van der Waals surface area contributed by atoms with Gasteiger partial charge in [0.25, 0.3) is 0 Å². The first-order chi connectivity index (χ1) is 6.70. The Bertz CT molecular complexity index is 396. The minimum absolute atomic E-state index is 0.657. The SMILES string of the molecule is CC1=C(c2cncn2C)C=CCC1C. The number of imidazole rings is 1. The zero-order valence-electron chi connectivity index (χ0n) is 8.99. The molecule has 0 amide bonds. The Morgan fingerprint density at radius 1 is 1.50 bits per heavy atom. The zero-order valence-corrected chi connectivity index (χ0v) is 8.99. The van der Waals surface area contributed by atoms with Crippen LogP contribution in [0.2, 0.25) is 0 Å². The molecule has 0 bridgehead atoms. The fourth-order valence-corrected chi connectivity index (χ4v) is 1.87. The van der Waals surface area contributed by atoms with Crippen molar-refractivity contribution in [3.8, 4) is 0 Å². The summed E-state index contributed by atoms with van der Waals surface area (Å²) < 4.78 is 2.07. The fraction of sp³-hybridized carbons (Fsp3) is 0.417. The van der Waals surface area contributed by atoms with Crippen molar-refractivity contribution < 1.29 is 0 Å². The third-order valence-corrected chi connectivity index (χ3v) is 3.03. The quantitative estimate of drug-likeness (QED) is 0.662. The summed E-state index contributed by atoms with van der Waals surface area (Å²) in [5, 5.41) is 0. The van der Waals surface area contributed by atoms with Crippen molar-refractivity contribution in [3.63, 3.8) is 0 Å². The standard InChI is InChI=1S/C12H16N2/c1-9-5-4-6-11(10(9)2)12-7-13-8-14(12)3/h4,6-9H,5H2,1-3H3. The minimum Gasteiger partial charge on any atom is -0.334 e. The molecule has 1 unspecified atom stereocenters. The van der Waals surface area contributed by atoms with Gasteiger partial charge in [0, 0.05) is 7.05 Å². The van der Waals surface area contributed by atoms with Gasteiger partial charge in [0.1, 0.15) is 0 Å². The predicted molar refractivity (Wildman–Crippen MR) is 58.7 cm³/mol. The molecule has 1 aromatic rings. The molecule has 74 valence electrons. The van der Waals surface area contributed by atoms with Crippen molar-refractivity contribution in [1.29, 1.82) is 0 Å². The average molecular weight is 188 g/mol. The van der Waals surface area contributed by atoms with E-state index in [0.717, 1.165) is 6.42 Å². The molecule has 0 N–H and O–H groups in total. The first-order valence-corrected chi connectivity index (χ1v) is 5.04. The van der Waals surface area contributed by atoms with E-state index in [4.69, 9.17) is 0 Å². The van der Waals surface area contributed by atoms with Crippen LogP contribution in [0.25, 0.3) is 5.57 Å². The lowest BCUT2D eigenvalue weighted by Crippen LogP contribution is -2.04. The van der Waals surface area contributed by atoms with E-state index in [1.165, 1.54) is 16.8 Å².